The van der Waals surface area contributed by atoms with Crippen LogP contribution in [-0.2, 0) is 11.4 Å². The van der Waals surface area contributed by atoms with Crippen LogP contribution >= 0.6 is 0 Å². The molecule has 2 N–H and O–H groups in total. The molecule has 0 spiro atoms. The first kappa shape index (κ1) is 23.2. The Morgan fingerprint density at radius 1 is 0.750 bits per heavy atom. The van der Waals surface area contributed by atoms with Gasteiger partial charge < -0.3 is 10.2 Å². The van der Waals surface area contributed by atoms with Gasteiger partial charge in [-0.2, -0.15) is 0 Å². The summed E-state index contributed by atoms with van der Waals surface area (Å²) >= 11 is 0. The average Bonchev–Trinajstić information content (AvgIpc) is 2.86. The van der Waals surface area contributed by atoms with Gasteiger partial charge in [0.15, 0.2) is 0 Å². The van der Waals surface area contributed by atoms with E-state index in [-0.39, 0.29) is 11.8 Å². The molecular weight excluding hydrogens is 402 g/mol. The van der Waals surface area contributed by atoms with E-state index < -0.39 is 0 Å². The average molecular weight is 432 g/mol. The van der Waals surface area contributed by atoms with Crippen molar-refractivity contribution in [3.05, 3.63) is 108 Å². The number of carbonyl (C=O) groups is 2. The van der Waals surface area contributed by atoms with Crippen molar-refractivity contribution in [1.29, 1.82) is 0 Å². The molecule has 0 aromatic heterocycles. The Balaban J connectivity index is 1.38. The third kappa shape index (κ3) is 7.65. The van der Waals surface area contributed by atoms with Gasteiger partial charge in [0.05, 0.1) is 6.61 Å². The van der Waals surface area contributed by atoms with Crippen LogP contribution < -0.4 is 10.8 Å². The standard InChI is InChI=1S/C26H29N3O3/c30-25(23-13-6-2-7-14-23)28-32-20-10-17-27-18-19-29(21-22-11-4-1-5-12-22)26(31)24-15-8-3-9-16-24/h1-9,11-16,27H,10,17-21H2,(H,28,30). The van der Waals surface area contributed by atoms with E-state index in [1.54, 1.807) is 12.1 Å². The van der Waals surface area contributed by atoms with Crippen LogP contribution in [0.1, 0.15) is 32.7 Å². The summed E-state index contributed by atoms with van der Waals surface area (Å²) in [5, 5.41) is 3.34. The molecule has 6 heteroatoms. The third-order valence-electron chi connectivity index (χ3n) is 4.88. The molecule has 0 unspecified atom stereocenters. The largest absolute Gasteiger partial charge is 0.333 e. The number of benzene rings is 3. The molecule has 6 nitrogen and oxygen atoms in total. The molecular formula is C26H29N3O3. The zero-order chi connectivity index (χ0) is 22.4. The molecule has 0 aliphatic heterocycles. The highest BCUT2D eigenvalue weighted by Crippen LogP contribution is 2.10. The Kier molecular flexibility index (Phi) is 9.45. The zero-order valence-corrected chi connectivity index (χ0v) is 18.1. The zero-order valence-electron chi connectivity index (χ0n) is 18.1. The summed E-state index contributed by atoms with van der Waals surface area (Å²) < 4.78 is 0. The van der Waals surface area contributed by atoms with Gasteiger partial charge in [-0.05, 0) is 42.8 Å². The van der Waals surface area contributed by atoms with Crippen LogP contribution in [0.25, 0.3) is 0 Å². The first-order valence-corrected chi connectivity index (χ1v) is 10.8. The first-order valence-electron chi connectivity index (χ1n) is 10.8. The van der Waals surface area contributed by atoms with Gasteiger partial charge in [0.1, 0.15) is 0 Å². The SMILES string of the molecule is O=C(NOCCCNCCN(Cc1ccccc1)C(=O)c1ccccc1)c1ccccc1. The lowest BCUT2D eigenvalue weighted by atomic mass is 10.1. The molecule has 166 valence electrons. The van der Waals surface area contributed by atoms with Crippen LogP contribution in [0.2, 0.25) is 0 Å². The Morgan fingerprint density at radius 2 is 1.34 bits per heavy atom. The first-order chi connectivity index (χ1) is 15.7. The molecule has 3 rings (SSSR count). The van der Waals surface area contributed by atoms with Gasteiger partial charge in [-0.3, -0.25) is 14.4 Å². The smallest absolute Gasteiger partial charge is 0.274 e. The summed E-state index contributed by atoms with van der Waals surface area (Å²) in [6.45, 7) is 2.95. The number of hydroxylamine groups is 1. The van der Waals surface area contributed by atoms with Crippen molar-refractivity contribution >= 4 is 11.8 Å². The summed E-state index contributed by atoms with van der Waals surface area (Å²) in [5.74, 6) is -0.238. The summed E-state index contributed by atoms with van der Waals surface area (Å²) in [6, 6.07) is 28.3. The Labute approximate surface area is 189 Å². The fourth-order valence-corrected chi connectivity index (χ4v) is 3.19. The lowest BCUT2D eigenvalue weighted by Crippen LogP contribution is -2.37. The number of carbonyl (C=O) groups excluding carboxylic acids is 2. The molecule has 0 heterocycles. The van der Waals surface area contributed by atoms with E-state index in [0.29, 0.717) is 37.4 Å². The molecule has 0 saturated carbocycles. The van der Waals surface area contributed by atoms with E-state index in [4.69, 9.17) is 4.84 Å². The quantitative estimate of drug-likeness (QED) is 0.339. The molecule has 0 saturated heterocycles. The lowest BCUT2D eigenvalue weighted by molar-refractivity contribution is 0.0304. The van der Waals surface area contributed by atoms with Crippen molar-refractivity contribution in [1.82, 2.24) is 15.7 Å². The van der Waals surface area contributed by atoms with Gasteiger partial charge in [0, 0.05) is 30.8 Å². The van der Waals surface area contributed by atoms with E-state index >= 15 is 0 Å². The van der Waals surface area contributed by atoms with Crippen LogP contribution in [0.3, 0.4) is 0 Å². The molecule has 32 heavy (non-hydrogen) atoms. The second-order valence-corrected chi connectivity index (χ2v) is 7.33. The highest BCUT2D eigenvalue weighted by atomic mass is 16.6. The Morgan fingerprint density at radius 3 is 2.00 bits per heavy atom. The molecule has 3 aromatic rings. The minimum absolute atomic E-state index is 0.0169. The minimum atomic E-state index is -0.255. The van der Waals surface area contributed by atoms with Crippen LogP contribution in [0.5, 0.6) is 0 Å². The van der Waals surface area contributed by atoms with Crippen molar-refractivity contribution < 1.29 is 14.4 Å². The van der Waals surface area contributed by atoms with E-state index in [9.17, 15) is 9.59 Å². The topological polar surface area (TPSA) is 70.7 Å². The number of nitrogens with zero attached hydrogens (tertiary/aromatic N) is 1. The van der Waals surface area contributed by atoms with Gasteiger partial charge in [0.2, 0.25) is 0 Å². The van der Waals surface area contributed by atoms with Gasteiger partial charge >= 0.3 is 0 Å². The lowest BCUT2D eigenvalue weighted by Gasteiger charge is -2.23. The molecule has 0 fully saturated rings. The predicted molar refractivity (Wildman–Crippen MR) is 125 cm³/mol. The van der Waals surface area contributed by atoms with Crippen LogP contribution in [-0.4, -0.2) is 43.0 Å². The molecule has 0 radical (unpaired) electrons. The second-order valence-electron chi connectivity index (χ2n) is 7.33. The fraction of sp³-hybridized carbons (Fsp3) is 0.231. The van der Waals surface area contributed by atoms with E-state index in [0.717, 1.165) is 18.5 Å². The van der Waals surface area contributed by atoms with Gasteiger partial charge in [-0.25, -0.2) is 5.48 Å². The van der Waals surface area contributed by atoms with Gasteiger partial charge in [0.25, 0.3) is 11.8 Å². The molecule has 0 aliphatic carbocycles. The molecule has 0 bridgehead atoms. The van der Waals surface area contributed by atoms with E-state index in [1.165, 1.54) is 0 Å². The van der Waals surface area contributed by atoms with E-state index in [1.807, 2.05) is 83.8 Å². The fourth-order valence-electron chi connectivity index (χ4n) is 3.19. The Bertz CT molecular complexity index is 950. The number of hydrogen-bond acceptors (Lipinski definition) is 4. The molecule has 0 atom stereocenters. The van der Waals surface area contributed by atoms with Crippen molar-refractivity contribution in [3.8, 4) is 0 Å². The van der Waals surface area contributed by atoms with Crippen molar-refractivity contribution in [2.24, 2.45) is 0 Å². The molecule has 0 aliphatic rings. The summed E-state index contributed by atoms with van der Waals surface area (Å²) in [5.41, 5.74) is 4.79. The number of hydrogen-bond donors (Lipinski definition) is 2. The van der Waals surface area contributed by atoms with E-state index in [2.05, 4.69) is 10.8 Å². The normalized spacial score (nSPS) is 10.5. The highest BCUT2D eigenvalue weighted by molar-refractivity contribution is 5.94. The Hall–Kier alpha value is -3.48. The van der Waals surface area contributed by atoms with Crippen molar-refractivity contribution in [2.45, 2.75) is 13.0 Å². The monoisotopic (exact) mass is 431 g/mol. The van der Waals surface area contributed by atoms with Crippen LogP contribution in [0.4, 0.5) is 0 Å². The van der Waals surface area contributed by atoms with Crippen LogP contribution in [0, 0.1) is 0 Å². The maximum atomic E-state index is 13.0. The maximum Gasteiger partial charge on any atom is 0.274 e. The number of amides is 2. The predicted octanol–water partition coefficient (Wildman–Crippen LogP) is 3.67. The molecule has 3 aromatic carbocycles. The summed E-state index contributed by atoms with van der Waals surface area (Å²) in [6.07, 6.45) is 0.736. The molecule has 2 amide bonds. The second kappa shape index (κ2) is 13.0. The maximum absolute atomic E-state index is 13.0. The number of rotatable bonds is 12. The summed E-state index contributed by atoms with van der Waals surface area (Å²) in [4.78, 5) is 32.0. The van der Waals surface area contributed by atoms with Crippen molar-refractivity contribution in [2.75, 3.05) is 26.2 Å². The van der Waals surface area contributed by atoms with Crippen molar-refractivity contribution in [3.63, 3.8) is 0 Å². The van der Waals surface area contributed by atoms with Gasteiger partial charge in [-0.15, -0.1) is 0 Å². The summed E-state index contributed by atoms with van der Waals surface area (Å²) in [7, 11) is 0. The van der Waals surface area contributed by atoms with Crippen LogP contribution in [0.15, 0.2) is 91.0 Å². The highest BCUT2D eigenvalue weighted by Gasteiger charge is 2.15. The third-order valence-corrected chi connectivity index (χ3v) is 4.88. The number of nitrogens with one attached hydrogen (secondary N) is 2. The van der Waals surface area contributed by atoms with Gasteiger partial charge in [-0.1, -0.05) is 66.7 Å². The minimum Gasteiger partial charge on any atom is -0.333 e.